The van der Waals surface area contributed by atoms with E-state index in [0.717, 1.165) is 38.8 Å². The van der Waals surface area contributed by atoms with Gasteiger partial charge in [-0.2, -0.15) is 0 Å². The second-order valence-corrected chi connectivity index (χ2v) is 6.16. The molecule has 0 aliphatic carbocycles. The van der Waals surface area contributed by atoms with E-state index < -0.39 is 0 Å². The summed E-state index contributed by atoms with van der Waals surface area (Å²) in [5.74, 6) is 0.469. The number of unbranched alkanes of at least 4 members (excludes halogenated alkanes) is 2. The highest BCUT2D eigenvalue weighted by Crippen LogP contribution is 2.16. The summed E-state index contributed by atoms with van der Waals surface area (Å²) in [6.45, 7) is 3.95. The van der Waals surface area contributed by atoms with Gasteiger partial charge in [0, 0.05) is 18.5 Å². The Balaban J connectivity index is 1.52. The minimum atomic E-state index is 0.213. The lowest BCUT2D eigenvalue weighted by molar-refractivity contribution is -0.126. The highest BCUT2D eigenvalue weighted by atomic mass is 16.1. The number of carbonyl (C=O) groups excluding carboxylic acids is 1. The first-order valence-corrected chi connectivity index (χ1v) is 8.30. The third kappa shape index (κ3) is 5.88. The third-order valence-electron chi connectivity index (χ3n) is 4.28. The van der Waals surface area contributed by atoms with E-state index in [1.807, 2.05) is 0 Å². The number of benzene rings is 1. The van der Waals surface area contributed by atoms with Crippen LogP contribution >= 0.6 is 0 Å². The molecule has 1 aliphatic heterocycles. The van der Waals surface area contributed by atoms with Crippen LogP contribution in [0.15, 0.2) is 30.3 Å². The molecule has 2 N–H and O–H groups in total. The lowest BCUT2D eigenvalue weighted by Gasteiger charge is -2.27. The number of hydrogen-bond acceptors (Lipinski definition) is 2. The Kier molecular flexibility index (Phi) is 6.74. The topological polar surface area (TPSA) is 41.1 Å². The Bertz CT molecular complexity index is 418. The molecule has 1 aromatic carbocycles. The number of hydrogen-bond donors (Lipinski definition) is 2. The van der Waals surface area contributed by atoms with Crippen LogP contribution in [0, 0.1) is 5.92 Å². The Hall–Kier alpha value is -1.35. The van der Waals surface area contributed by atoms with Crippen LogP contribution in [-0.4, -0.2) is 25.0 Å². The van der Waals surface area contributed by atoms with Gasteiger partial charge in [-0.15, -0.1) is 0 Å². The molecule has 0 aromatic heterocycles. The van der Waals surface area contributed by atoms with E-state index >= 15 is 0 Å². The van der Waals surface area contributed by atoms with E-state index in [0.29, 0.717) is 6.04 Å². The maximum atomic E-state index is 12.1. The Morgan fingerprint density at radius 2 is 2.05 bits per heavy atom. The number of nitrogens with one attached hydrogen (secondary N) is 2. The quantitative estimate of drug-likeness (QED) is 0.758. The van der Waals surface area contributed by atoms with Crippen LogP contribution in [0.5, 0.6) is 0 Å². The van der Waals surface area contributed by atoms with Crippen molar-refractivity contribution in [2.24, 2.45) is 5.92 Å². The zero-order valence-electron chi connectivity index (χ0n) is 13.1. The molecule has 1 aliphatic rings. The standard InChI is InChI=1S/C18H28N2O/c1-15-14-17(11-13-19-15)18(21)20-12-7-3-6-10-16-8-4-2-5-9-16/h2,4-5,8-9,15,17,19H,3,6-7,10-14H2,1H3,(H,20,21)/t15-,17-/m0/s1. The average molecular weight is 288 g/mol. The molecular formula is C18H28N2O. The van der Waals surface area contributed by atoms with E-state index in [4.69, 9.17) is 0 Å². The van der Waals surface area contributed by atoms with Crippen molar-refractivity contribution in [3.05, 3.63) is 35.9 Å². The van der Waals surface area contributed by atoms with Crippen molar-refractivity contribution in [2.45, 2.75) is 51.5 Å². The van der Waals surface area contributed by atoms with Crippen molar-refractivity contribution in [3.8, 4) is 0 Å². The summed E-state index contributed by atoms with van der Waals surface area (Å²) in [5, 5.41) is 6.49. The van der Waals surface area contributed by atoms with Gasteiger partial charge < -0.3 is 10.6 Å². The van der Waals surface area contributed by atoms with Gasteiger partial charge in [0.1, 0.15) is 0 Å². The van der Waals surface area contributed by atoms with Crippen LogP contribution in [0.3, 0.4) is 0 Å². The van der Waals surface area contributed by atoms with Crippen molar-refractivity contribution in [3.63, 3.8) is 0 Å². The Labute approximate surface area is 128 Å². The van der Waals surface area contributed by atoms with Crippen molar-refractivity contribution < 1.29 is 4.79 Å². The predicted molar refractivity (Wildman–Crippen MR) is 87.2 cm³/mol. The molecule has 1 amide bonds. The fourth-order valence-electron chi connectivity index (χ4n) is 3.00. The van der Waals surface area contributed by atoms with Gasteiger partial charge in [-0.25, -0.2) is 0 Å². The monoisotopic (exact) mass is 288 g/mol. The molecule has 21 heavy (non-hydrogen) atoms. The fraction of sp³-hybridized carbons (Fsp3) is 0.611. The molecule has 116 valence electrons. The number of amides is 1. The summed E-state index contributed by atoms with van der Waals surface area (Å²) in [6.07, 6.45) is 6.55. The SMILES string of the molecule is C[C@H]1C[C@@H](C(=O)NCCCCCc2ccccc2)CCN1. The number of aryl methyl sites for hydroxylation is 1. The zero-order chi connectivity index (χ0) is 14.9. The molecule has 3 heteroatoms. The molecule has 1 fully saturated rings. The van der Waals surface area contributed by atoms with Gasteiger partial charge in [0.05, 0.1) is 0 Å². The van der Waals surface area contributed by atoms with E-state index in [1.165, 1.54) is 18.4 Å². The van der Waals surface area contributed by atoms with Crippen molar-refractivity contribution >= 4 is 5.91 Å². The molecular weight excluding hydrogens is 260 g/mol. The summed E-state index contributed by atoms with van der Waals surface area (Å²) < 4.78 is 0. The first kappa shape index (κ1) is 16.0. The molecule has 0 bridgehead atoms. The second-order valence-electron chi connectivity index (χ2n) is 6.16. The summed E-state index contributed by atoms with van der Waals surface area (Å²) in [6, 6.07) is 11.1. The summed E-state index contributed by atoms with van der Waals surface area (Å²) >= 11 is 0. The maximum absolute atomic E-state index is 12.1. The lowest BCUT2D eigenvalue weighted by atomic mass is 9.92. The van der Waals surface area contributed by atoms with E-state index in [-0.39, 0.29) is 11.8 Å². The van der Waals surface area contributed by atoms with Crippen LogP contribution in [0.25, 0.3) is 0 Å². The highest BCUT2D eigenvalue weighted by molar-refractivity contribution is 5.78. The first-order valence-electron chi connectivity index (χ1n) is 8.30. The minimum Gasteiger partial charge on any atom is -0.356 e. The van der Waals surface area contributed by atoms with Crippen LogP contribution in [0.1, 0.15) is 44.6 Å². The lowest BCUT2D eigenvalue weighted by Crippen LogP contribution is -2.42. The summed E-state index contributed by atoms with van der Waals surface area (Å²) in [7, 11) is 0. The largest absolute Gasteiger partial charge is 0.356 e. The van der Waals surface area contributed by atoms with Crippen LogP contribution in [-0.2, 0) is 11.2 Å². The summed E-state index contributed by atoms with van der Waals surface area (Å²) in [5.41, 5.74) is 1.41. The molecule has 2 atom stereocenters. The third-order valence-corrected chi connectivity index (χ3v) is 4.28. The first-order chi connectivity index (χ1) is 10.3. The van der Waals surface area contributed by atoms with Gasteiger partial charge >= 0.3 is 0 Å². The smallest absolute Gasteiger partial charge is 0.223 e. The van der Waals surface area contributed by atoms with Crippen molar-refractivity contribution in [1.29, 1.82) is 0 Å². The van der Waals surface area contributed by atoms with E-state index in [9.17, 15) is 4.79 Å². The van der Waals surface area contributed by atoms with Crippen LogP contribution in [0.4, 0.5) is 0 Å². The molecule has 0 unspecified atom stereocenters. The molecule has 1 heterocycles. The van der Waals surface area contributed by atoms with Crippen molar-refractivity contribution in [2.75, 3.05) is 13.1 Å². The molecule has 0 saturated carbocycles. The second kappa shape index (κ2) is 8.83. The average Bonchev–Trinajstić information content (AvgIpc) is 2.51. The highest BCUT2D eigenvalue weighted by Gasteiger charge is 2.23. The normalized spacial score (nSPS) is 22.0. The molecule has 1 saturated heterocycles. The predicted octanol–water partition coefficient (Wildman–Crippen LogP) is 2.90. The van der Waals surface area contributed by atoms with Gasteiger partial charge in [0.25, 0.3) is 0 Å². The maximum Gasteiger partial charge on any atom is 0.223 e. The zero-order valence-corrected chi connectivity index (χ0v) is 13.1. The molecule has 3 nitrogen and oxygen atoms in total. The Morgan fingerprint density at radius 1 is 1.24 bits per heavy atom. The number of rotatable bonds is 7. The van der Waals surface area contributed by atoms with Crippen molar-refractivity contribution in [1.82, 2.24) is 10.6 Å². The van der Waals surface area contributed by atoms with Gasteiger partial charge in [0.2, 0.25) is 5.91 Å². The van der Waals surface area contributed by atoms with E-state index in [1.54, 1.807) is 0 Å². The minimum absolute atomic E-state index is 0.213. The van der Waals surface area contributed by atoms with Crippen LogP contribution < -0.4 is 10.6 Å². The molecule has 1 aromatic rings. The number of carbonyl (C=O) groups is 1. The summed E-state index contributed by atoms with van der Waals surface area (Å²) in [4.78, 5) is 12.1. The van der Waals surface area contributed by atoms with Gasteiger partial charge in [-0.1, -0.05) is 36.8 Å². The van der Waals surface area contributed by atoms with Crippen LogP contribution in [0.2, 0.25) is 0 Å². The number of piperidine rings is 1. The molecule has 0 spiro atoms. The fourth-order valence-corrected chi connectivity index (χ4v) is 3.00. The Morgan fingerprint density at radius 3 is 2.81 bits per heavy atom. The molecule has 2 rings (SSSR count). The van der Waals surface area contributed by atoms with Gasteiger partial charge in [-0.3, -0.25) is 4.79 Å². The van der Waals surface area contributed by atoms with E-state index in [2.05, 4.69) is 47.9 Å². The van der Waals surface area contributed by atoms with Gasteiger partial charge in [-0.05, 0) is 51.1 Å². The molecule has 0 radical (unpaired) electrons. The van der Waals surface area contributed by atoms with Gasteiger partial charge in [0.15, 0.2) is 0 Å².